The van der Waals surface area contributed by atoms with Crippen LogP contribution in [0.5, 0.6) is 5.88 Å². The summed E-state index contributed by atoms with van der Waals surface area (Å²) < 4.78 is 4.90. The van der Waals surface area contributed by atoms with Crippen LogP contribution in [0, 0.1) is 0 Å². The van der Waals surface area contributed by atoms with E-state index in [9.17, 15) is 9.59 Å². The van der Waals surface area contributed by atoms with Gasteiger partial charge < -0.3 is 15.8 Å². The lowest BCUT2D eigenvalue weighted by Crippen LogP contribution is -2.17. The SMILES string of the molecule is COc1ncc(C(=O)Nc2cccc(C(N)=O)n2)cc1Cl. The first-order valence-electron chi connectivity index (χ1n) is 5.79. The largest absolute Gasteiger partial charge is 0.480 e. The van der Waals surface area contributed by atoms with E-state index in [1.54, 1.807) is 6.07 Å². The molecule has 8 heteroatoms. The lowest BCUT2D eigenvalue weighted by molar-refractivity contribution is 0.0991. The zero-order chi connectivity index (χ0) is 15.4. The molecule has 21 heavy (non-hydrogen) atoms. The number of pyridine rings is 2. The molecule has 2 heterocycles. The van der Waals surface area contributed by atoms with Crippen molar-refractivity contribution >= 4 is 29.2 Å². The minimum absolute atomic E-state index is 0.0543. The second kappa shape index (κ2) is 6.19. The van der Waals surface area contributed by atoms with E-state index in [2.05, 4.69) is 15.3 Å². The maximum absolute atomic E-state index is 12.0. The highest BCUT2D eigenvalue weighted by atomic mass is 35.5. The van der Waals surface area contributed by atoms with E-state index in [-0.39, 0.29) is 28.0 Å². The number of nitrogens with zero attached hydrogens (tertiary/aromatic N) is 2. The molecular formula is C13H11ClN4O3. The highest BCUT2D eigenvalue weighted by Gasteiger charge is 2.12. The molecule has 108 valence electrons. The third-order valence-corrected chi connectivity index (χ3v) is 2.78. The van der Waals surface area contributed by atoms with Gasteiger partial charge in [0.05, 0.1) is 12.7 Å². The van der Waals surface area contributed by atoms with Gasteiger partial charge in [-0.2, -0.15) is 0 Å². The molecule has 3 N–H and O–H groups in total. The predicted octanol–water partition coefficient (Wildman–Crippen LogP) is 1.49. The molecule has 0 atom stereocenters. The first kappa shape index (κ1) is 14.7. The van der Waals surface area contributed by atoms with Crippen molar-refractivity contribution in [1.29, 1.82) is 0 Å². The zero-order valence-electron chi connectivity index (χ0n) is 11.0. The van der Waals surface area contributed by atoms with Gasteiger partial charge in [0.1, 0.15) is 16.5 Å². The third kappa shape index (κ3) is 3.46. The van der Waals surface area contributed by atoms with Crippen LogP contribution in [0.25, 0.3) is 0 Å². The van der Waals surface area contributed by atoms with Gasteiger partial charge in [0.25, 0.3) is 11.8 Å². The van der Waals surface area contributed by atoms with E-state index in [0.717, 1.165) is 0 Å². The summed E-state index contributed by atoms with van der Waals surface area (Å²) in [4.78, 5) is 30.9. The molecule has 0 radical (unpaired) electrons. The molecule has 0 aliphatic heterocycles. The number of primary amides is 1. The van der Waals surface area contributed by atoms with Gasteiger partial charge in [0.15, 0.2) is 0 Å². The highest BCUT2D eigenvalue weighted by Crippen LogP contribution is 2.22. The summed E-state index contributed by atoms with van der Waals surface area (Å²) >= 11 is 5.90. The molecule has 0 aromatic carbocycles. The Morgan fingerprint density at radius 2 is 2.14 bits per heavy atom. The van der Waals surface area contributed by atoms with Crippen LogP contribution in [0.4, 0.5) is 5.82 Å². The van der Waals surface area contributed by atoms with E-state index in [0.29, 0.717) is 0 Å². The fourth-order valence-corrected chi connectivity index (χ4v) is 1.77. The molecule has 0 bridgehead atoms. The fourth-order valence-electron chi connectivity index (χ4n) is 1.53. The molecule has 2 rings (SSSR count). The maximum atomic E-state index is 12.0. The average Bonchev–Trinajstić information content (AvgIpc) is 2.47. The van der Waals surface area contributed by atoms with Gasteiger partial charge in [0, 0.05) is 6.20 Å². The standard InChI is InChI=1S/C13H11ClN4O3/c1-21-13-8(14)5-7(6-16-13)12(20)18-10-4-2-3-9(17-10)11(15)19/h2-6H,1H3,(H2,15,19)(H,17,18,20). The van der Waals surface area contributed by atoms with Crippen molar-refractivity contribution in [3.8, 4) is 5.88 Å². The quantitative estimate of drug-likeness (QED) is 0.890. The summed E-state index contributed by atoms with van der Waals surface area (Å²) in [5.74, 6) is -0.730. The van der Waals surface area contributed by atoms with E-state index >= 15 is 0 Å². The minimum Gasteiger partial charge on any atom is -0.480 e. The molecule has 2 aromatic heterocycles. The van der Waals surface area contributed by atoms with Gasteiger partial charge >= 0.3 is 0 Å². The Balaban J connectivity index is 2.20. The van der Waals surface area contributed by atoms with Gasteiger partial charge in [0.2, 0.25) is 5.88 Å². The Labute approximate surface area is 125 Å². The number of amides is 2. The monoisotopic (exact) mass is 306 g/mol. The normalized spacial score (nSPS) is 10.0. The third-order valence-electron chi connectivity index (χ3n) is 2.51. The smallest absolute Gasteiger partial charge is 0.267 e. The van der Waals surface area contributed by atoms with Gasteiger partial charge in [-0.1, -0.05) is 17.7 Å². The van der Waals surface area contributed by atoms with Crippen LogP contribution in [0.15, 0.2) is 30.5 Å². The summed E-state index contributed by atoms with van der Waals surface area (Å²) in [5.41, 5.74) is 5.40. The number of carbonyl (C=O) groups is 2. The van der Waals surface area contributed by atoms with Crippen molar-refractivity contribution in [3.05, 3.63) is 46.7 Å². The lowest BCUT2D eigenvalue weighted by atomic mass is 10.2. The molecular weight excluding hydrogens is 296 g/mol. The van der Waals surface area contributed by atoms with E-state index in [1.807, 2.05) is 0 Å². The van der Waals surface area contributed by atoms with Crippen molar-refractivity contribution in [2.24, 2.45) is 5.73 Å². The van der Waals surface area contributed by atoms with E-state index in [1.165, 1.54) is 31.5 Å². The van der Waals surface area contributed by atoms with Crippen LogP contribution in [0.2, 0.25) is 5.02 Å². The Morgan fingerprint density at radius 1 is 1.38 bits per heavy atom. The van der Waals surface area contributed by atoms with Crippen molar-refractivity contribution in [2.75, 3.05) is 12.4 Å². The van der Waals surface area contributed by atoms with Gasteiger partial charge in [-0.25, -0.2) is 9.97 Å². The summed E-state index contributed by atoms with van der Waals surface area (Å²) in [5, 5.41) is 2.73. The number of methoxy groups -OCH3 is 1. The molecule has 0 aliphatic carbocycles. The molecule has 2 aromatic rings. The second-order valence-electron chi connectivity index (χ2n) is 3.94. The van der Waals surface area contributed by atoms with E-state index < -0.39 is 11.8 Å². The average molecular weight is 307 g/mol. The Kier molecular flexibility index (Phi) is 4.34. The zero-order valence-corrected chi connectivity index (χ0v) is 11.7. The highest BCUT2D eigenvalue weighted by molar-refractivity contribution is 6.32. The topological polar surface area (TPSA) is 107 Å². The summed E-state index contributed by atoms with van der Waals surface area (Å²) in [6.45, 7) is 0. The molecule has 0 unspecified atom stereocenters. The van der Waals surface area contributed by atoms with Crippen LogP contribution in [-0.2, 0) is 0 Å². The van der Waals surface area contributed by atoms with E-state index in [4.69, 9.17) is 22.1 Å². The fraction of sp³-hybridized carbons (Fsp3) is 0.0769. The van der Waals surface area contributed by atoms with Crippen molar-refractivity contribution in [3.63, 3.8) is 0 Å². The summed E-state index contributed by atoms with van der Waals surface area (Å²) in [7, 11) is 1.42. The van der Waals surface area contributed by atoms with Crippen molar-refractivity contribution in [2.45, 2.75) is 0 Å². The van der Waals surface area contributed by atoms with Crippen LogP contribution in [-0.4, -0.2) is 28.9 Å². The summed E-state index contributed by atoms with van der Waals surface area (Å²) in [6, 6.07) is 5.95. The molecule has 2 amide bonds. The predicted molar refractivity (Wildman–Crippen MR) is 76.5 cm³/mol. The Hall–Kier alpha value is -2.67. The van der Waals surface area contributed by atoms with Gasteiger partial charge in [-0.05, 0) is 18.2 Å². The van der Waals surface area contributed by atoms with Gasteiger partial charge in [-0.3, -0.25) is 9.59 Å². The van der Waals surface area contributed by atoms with Gasteiger partial charge in [-0.15, -0.1) is 0 Å². The van der Waals surface area contributed by atoms with Crippen LogP contribution >= 0.6 is 11.6 Å². The number of carbonyl (C=O) groups excluding carboxylic acids is 2. The molecule has 0 spiro atoms. The van der Waals surface area contributed by atoms with Crippen molar-refractivity contribution in [1.82, 2.24) is 9.97 Å². The summed E-state index contributed by atoms with van der Waals surface area (Å²) in [6.07, 6.45) is 1.32. The number of anilines is 1. The number of rotatable bonds is 4. The number of halogens is 1. The Bertz CT molecular complexity index is 706. The minimum atomic E-state index is -0.680. The number of hydrogen-bond donors (Lipinski definition) is 2. The Morgan fingerprint density at radius 3 is 2.76 bits per heavy atom. The number of nitrogens with two attached hydrogens (primary N) is 1. The molecule has 0 fully saturated rings. The molecule has 0 aliphatic rings. The van der Waals surface area contributed by atoms with Crippen molar-refractivity contribution < 1.29 is 14.3 Å². The number of ether oxygens (including phenoxy) is 1. The second-order valence-corrected chi connectivity index (χ2v) is 4.35. The number of nitrogens with one attached hydrogen (secondary N) is 1. The van der Waals surface area contributed by atoms with Crippen LogP contribution in [0.3, 0.4) is 0 Å². The van der Waals surface area contributed by atoms with Crippen LogP contribution in [0.1, 0.15) is 20.8 Å². The molecule has 0 saturated heterocycles. The molecule has 7 nitrogen and oxygen atoms in total. The number of hydrogen-bond acceptors (Lipinski definition) is 5. The number of aromatic nitrogens is 2. The first-order chi connectivity index (χ1) is 10.0. The maximum Gasteiger partial charge on any atom is 0.267 e. The lowest BCUT2D eigenvalue weighted by Gasteiger charge is -2.07. The molecule has 0 saturated carbocycles. The first-order valence-corrected chi connectivity index (χ1v) is 6.17. The van der Waals surface area contributed by atoms with Crippen LogP contribution < -0.4 is 15.8 Å².